The molecule has 0 radical (unpaired) electrons. The topological polar surface area (TPSA) is 95.9 Å². The first-order valence-corrected chi connectivity index (χ1v) is 5.85. The summed E-state index contributed by atoms with van der Waals surface area (Å²) in [6.07, 6.45) is -0.879. The molecular weight excluding hydrogens is 250 g/mol. The van der Waals surface area contributed by atoms with Gasteiger partial charge in [0, 0.05) is 13.0 Å². The third-order valence-electron chi connectivity index (χ3n) is 2.50. The smallest absolute Gasteiger partial charge is 0.408 e. The maximum atomic E-state index is 11.4. The monoisotopic (exact) mass is 267 g/mol. The summed E-state index contributed by atoms with van der Waals surface area (Å²) in [5, 5.41) is 19.6. The van der Waals surface area contributed by atoms with E-state index < -0.39 is 18.1 Å². The van der Waals surface area contributed by atoms with Gasteiger partial charge in [-0.3, -0.25) is 0 Å². The third-order valence-corrected chi connectivity index (χ3v) is 2.50. The van der Waals surface area contributed by atoms with Gasteiger partial charge >= 0.3 is 12.1 Å². The standard InChI is InChI=1S/C13H17NO5/c1-9-2-4-10(5-3-9)8-19-13(18)14-11(6-7-15)12(16)17/h2-5,11,15H,6-8H2,1H3,(H,14,18)(H,16,17). The van der Waals surface area contributed by atoms with Crippen LogP contribution in [-0.4, -0.2) is 34.9 Å². The van der Waals surface area contributed by atoms with Crippen LogP contribution in [0.25, 0.3) is 0 Å². The van der Waals surface area contributed by atoms with E-state index in [1.54, 1.807) is 0 Å². The first kappa shape index (κ1) is 15.0. The molecule has 1 atom stereocenters. The summed E-state index contributed by atoms with van der Waals surface area (Å²) in [4.78, 5) is 22.1. The number of aliphatic carboxylic acids is 1. The van der Waals surface area contributed by atoms with Crippen molar-refractivity contribution in [3.8, 4) is 0 Å². The van der Waals surface area contributed by atoms with Crippen LogP contribution in [0, 0.1) is 6.92 Å². The van der Waals surface area contributed by atoms with Gasteiger partial charge in [0.05, 0.1) is 0 Å². The number of benzene rings is 1. The Morgan fingerprint density at radius 3 is 2.47 bits per heavy atom. The molecule has 1 rings (SSSR count). The molecule has 1 aromatic carbocycles. The molecule has 0 aliphatic rings. The van der Waals surface area contributed by atoms with E-state index in [2.05, 4.69) is 5.32 Å². The summed E-state index contributed by atoms with van der Waals surface area (Å²) in [5.41, 5.74) is 1.91. The fraction of sp³-hybridized carbons (Fsp3) is 0.385. The number of amides is 1. The van der Waals surface area contributed by atoms with Gasteiger partial charge in [-0.15, -0.1) is 0 Å². The average Bonchev–Trinajstić information content (AvgIpc) is 2.37. The van der Waals surface area contributed by atoms with E-state index in [-0.39, 0.29) is 19.6 Å². The Kier molecular flexibility index (Phi) is 5.81. The molecule has 104 valence electrons. The van der Waals surface area contributed by atoms with Crippen LogP contribution in [0.4, 0.5) is 4.79 Å². The summed E-state index contributed by atoms with van der Waals surface area (Å²) in [7, 11) is 0. The van der Waals surface area contributed by atoms with E-state index in [4.69, 9.17) is 14.9 Å². The minimum absolute atomic E-state index is 0.0606. The Bertz CT molecular complexity index is 429. The molecule has 1 aromatic rings. The van der Waals surface area contributed by atoms with Crippen molar-refractivity contribution in [3.63, 3.8) is 0 Å². The lowest BCUT2D eigenvalue weighted by molar-refractivity contribution is -0.139. The maximum Gasteiger partial charge on any atom is 0.408 e. The largest absolute Gasteiger partial charge is 0.480 e. The zero-order chi connectivity index (χ0) is 14.3. The molecule has 1 amide bonds. The average molecular weight is 267 g/mol. The molecule has 0 saturated heterocycles. The number of carboxylic acids is 1. The van der Waals surface area contributed by atoms with Crippen molar-refractivity contribution >= 4 is 12.1 Å². The summed E-state index contributed by atoms with van der Waals surface area (Å²) in [6.45, 7) is 1.69. The van der Waals surface area contributed by atoms with Gasteiger partial charge in [-0.25, -0.2) is 9.59 Å². The second kappa shape index (κ2) is 7.38. The first-order valence-electron chi connectivity index (χ1n) is 5.85. The number of rotatable bonds is 6. The molecule has 6 nitrogen and oxygen atoms in total. The predicted molar refractivity (Wildman–Crippen MR) is 67.6 cm³/mol. The van der Waals surface area contributed by atoms with E-state index in [0.29, 0.717) is 0 Å². The fourth-order valence-electron chi connectivity index (χ4n) is 1.40. The molecule has 19 heavy (non-hydrogen) atoms. The lowest BCUT2D eigenvalue weighted by atomic mass is 10.2. The van der Waals surface area contributed by atoms with Crippen LogP contribution in [0.5, 0.6) is 0 Å². The van der Waals surface area contributed by atoms with Gasteiger partial charge in [0.25, 0.3) is 0 Å². The maximum absolute atomic E-state index is 11.4. The molecule has 1 unspecified atom stereocenters. The molecule has 0 aliphatic heterocycles. The molecule has 0 heterocycles. The van der Waals surface area contributed by atoms with Gasteiger partial charge in [0.15, 0.2) is 0 Å². The Labute approximate surface area is 111 Å². The van der Waals surface area contributed by atoms with E-state index in [1.165, 1.54) is 0 Å². The fourth-order valence-corrected chi connectivity index (χ4v) is 1.40. The second-order valence-corrected chi connectivity index (χ2v) is 4.11. The molecule has 6 heteroatoms. The lowest BCUT2D eigenvalue weighted by Gasteiger charge is -2.13. The van der Waals surface area contributed by atoms with Crippen LogP contribution in [0.1, 0.15) is 17.5 Å². The van der Waals surface area contributed by atoms with E-state index in [9.17, 15) is 9.59 Å². The Balaban J connectivity index is 2.42. The van der Waals surface area contributed by atoms with Gasteiger partial charge in [-0.1, -0.05) is 29.8 Å². The zero-order valence-corrected chi connectivity index (χ0v) is 10.6. The van der Waals surface area contributed by atoms with Gasteiger partial charge < -0.3 is 20.3 Å². The van der Waals surface area contributed by atoms with E-state index in [0.717, 1.165) is 11.1 Å². The van der Waals surface area contributed by atoms with Crippen LogP contribution >= 0.6 is 0 Å². The van der Waals surface area contributed by atoms with Gasteiger partial charge in [0.1, 0.15) is 12.6 Å². The highest BCUT2D eigenvalue weighted by Gasteiger charge is 2.19. The number of aliphatic hydroxyl groups excluding tert-OH is 1. The number of alkyl carbamates (subject to hydrolysis) is 1. The highest BCUT2D eigenvalue weighted by Crippen LogP contribution is 2.04. The molecular formula is C13H17NO5. The van der Waals surface area contributed by atoms with Crippen LogP contribution in [0.3, 0.4) is 0 Å². The number of hydrogen-bond acceptors (Lipinski definition) is 4. The lowest BCUT2D eigenvalue weighted by Crippen LogP contribution is -2.41. The van der Waals surface area contributed by atoms with Crippen LogP contribution < -0.4 is 5.32 Å². The molecule has 0 bridgehead atoms. The zero-order valence-electron chi connectivity index (χ0n) is 10.6. The third kappa shape index (κ3) is 5.39. The first-order chi connectivity index (χ1) is 9.02. The normalized spacial score (nSPS) is 11.7. The highest BCUT2D eigenvalue weighted by atomic mass is 16.5. The SMILES string of the molecule is Cc1ccc(COC(=O)NC(CCO)C(=O)O)cc1. The number of aryl methyl sites for hydroxylation is 1. The minimum atomic E-state index is -1.21. The van der Waals surface area contributed by atoms with Crippen LogP contribution in [0.2, 0.25) is 0 Å². The van der Waals surface area contributed by atoms with E-state index in [1.807, 2.05) is 31.2 Å². The molecule has 0 fully saturated rings. The Morgan fingerprint density at radius 1 is 1.32 bits per heavy atom. The van der Waals surface area contributed by atoms with Crippen molar-refractivity contribution in [3.05, 3.63) is 35.4 Å². The van der Waals surface area contributed by atoms with Crippen molar-refractivity contribution in [1.29, 1.82) is 0 Å². The number of carbonyl (C=O) groups excluding carboxylic acids is 1. The van der Waals surface area contributed by atoms with Crippen molar-refractivity contribution in [1.82, 2.24) is 5.32 Å². The van der Waals surface area contributed by atoms with Gasteiger partial charge in [-0.05, 0) is 12.5 Å². The Morgan fingerprint density at radius 2 is 1.95 bits per heavy atom. The number of ether oxygens (including phenoxy) is 1. The molecule has 0 spiro atoms. The van der Waals surface area contributed by atoms with Crippen molar-refractivity contribution in [2.45, 2.75) is 26.0 Å². The molecule has 0 aliphatic carbocycles. The Hall–Kier alpha value is -2.08. The molecule has 0 saturated carbocycles. The molecule has 0 aromatic heterocycles. The van der Waals surface area contributed by atoms with Crippen molar-refractivity contribution in [2.75, 3.05) is 6.61 Å². The van der Waals surface area contributed by atoms with Crippen molar-refractivity contribution in [2.24, 2.45) is 0 Å². The minimum Gasteiger partial charge on any atom is -0.480 e. The second-order valence-electron chi connectivity index (χ2n) is 4.11. The summed E-state index contributed by atoms with van der Waals surface area (Å²) >= 11 is 0. The summed E-state index contributed by atoms with van der Waals surface area (Å²) in [6, 6.07) is 6.29. The number of aliphatic hydroxyl groups is 1. The summed E-state index contributed by atoms with van der Waals surface area (Å²) < 4.78 is 4.90. The quantitative estimate of drug-likeness (QED) is 0.716. The summed E-state index contributed by atoms with van der Waals surface area (Å²) in [5.74, 6) is -1.21. The highest BCUT2D eigenvalue weighted by molar-refractivity contribution is 5.79. The number of nitrogens with one attached hydrogen (secondary N) is 1. The van der Waals surface area contributed by atoms with E-state index >= 15 is 0 Å². The van der Waals surface area contributed by atoms with Crippen LogP contribution in [-0.2, 0) is 16.1 Å². The van der Waals surface area contributed by atoms with Gasteiger partial charge in [-0.2, -0.15) is 0 Å². The molecule has 3 N–H and O–H groups in total. The van der Waals surface area contributed by atoms with Crippen molar-refractivity contribution < 1.29 is 24.5 Å². The number of hydrogen-bond donors (Lipinski definition) is 3. The predicted octanol–water partition coefficient (Wildman–Crippen LogP) is 1.06. The number of carboxylic acid groups (broad SMARTS) is 1. The number of carbonyl (C=O) groups is 2. The van der Waals surface area contributed by atoms with Gasteiger partial charge in [0.2, 0.25) is 0 Å². The van der Waals surface area contributed by atoms with Crippen LogP contribution in [0.15, 0.2) is 24.3 Å².